The van der Waals surface area contributed by atoms with E-state index < -0.39 is 23.6 Å². The van der Waals surface area contributed by atoms with Crippen molar-refractivity contribution in [3.63, 3.8) is 0 Å². The number of nitrogens with zero attached hydrogens (tertiary/aromatic N) is 1. The minimum Gasteiger partial charge on any atom is -0.444 e. The van der Waals surface area contributed by atoms with E-state index in [1.165, 1.54) is 0 Å². The lowest BCUT2D eigenvalue weighted by molar-refractivity contribution is -0.123. The van der Waals surface area contributed by atoms with Crippen LogP contribution in [0.5, 0.6) is 0 Å². The van der Waals surface area contributed by atoms with E-state index in [9.17, 15) is 9.59 Å². The number of carbonyl (C=O) groups is 2. The molecule has 0 saturated heterocycles. The zero-order valence-corrected chi connectivity index (χ0v) is 12.4. The molecule has 0 unspecified atom stereocenters. The van der Waals surface area contributed by atoms with Gasteiger partial charge in [0.2, 0.25) is 5.91 Å². The van der Waals surface area contributed by atoms with Gasteiger partial charge >= 0.3 is 6.09 Å². The van der Waals surface area contributed by atoms with Crippen molar-refractivity contribution in [1.29, 1.82) is 5.26 Å². The van der Waals surface area contributed by atoms with E-state index >= 15 is 0 Å². The van der Waals surface area contributed by atoms with Gasteiger partial charge in [-0.3, -0.25) is 4.79 Å². The van der Waals surface area contributed by atoms with Gasteiger partial charge in [0.25, 0.3) is 0 Å². The maximum atomic E-state index is 11.8. The molecule has 0 aromatic rings. The molecule has 0 aromatic carbocycles. The van der Waals surface area contributed by atoms with Gasteiger partial charge in [-0.05, 0) is 46.6 Å². The van der Waals surface area contributed by atoms with Crippen molar-refractivity contribution in [1.82, 2.24) is 10.6 Å². The summed E-state index contributed by atoms with van der Waals surface area (Å²) >= 11 is 0. The normalized spacial score (nSPS) is 12.2. The van der Waals surface area contributed by atoms with Gasteiger partial charge in [0.1, 0.15) is 18.2 Å². The van der Waals surface area contributed by atoms with Gasteiger partial charge in [-0.1, -0.05) is 0 Å². The molecule has 7 heteroatoms. The number of nitrogens with one attached hydrogen (secondary N) is 2. The van der Waals surface area contributed by atoms with E-state index in [1.54, 1.807) is 20.8 Å². The molecule has 0 saturated carbocycles. The fraction of sp³-hybridized carbons (Fsp3) is 0.769. The van der Waals surface area contributed by atoms with Crippen molar-refractivity contribution < 1.29 is 14.3 Å². The first kappa shape index (κ1) is 18.2. The predicted octanol–water partition coefficient (Wildman–Crippen LogP) is 0.648. The first-order valence-corrected chi connectivity index (χ1v) is 6.64. The van der Waals surface area contributed by atoms with Crippen molar-refractivity contribution >= 4 is 12.0 Å². The molecule has 0 aliphatic carbocycles. The van der Waals surface area contributed by atoms with Crippen LogP contribution in [0.2, 0.25) is 0 Å². The number of unbranched alkanes of at least 4 members (excludes halogenated alkanes) is 1. The highest BCUT2D eigenvalue weighted by Gasteiger charge is 2.23. The lowest BCUT2D eigenvalue weighted by Crippen LogP contribution is -2.48. The standard InChI is InChI=1S/C13H24N4O3/c1-13(2,3)20-12(19)17-10(6-4-5-7-14)11(18)16-9-8-15/h10H,4-7,9,14H2,1-3H3,(H,16,18)(H,17,19)/t10-/m0/s1. The summed E-state index contributed by atoms with van der Waals surface area (Å²) in [6.45, 7) is 5.66. The lowest BCUT2D eigenvalue weighted by Gasteiger charge is -2.23. The van der Waals surface area contributed by atoms with E-state index in [-0.39, 0.29) is 6.54 Å². The Hall–Kier alpha value is -1.81. The van der Waals surface area contributed by atoms with Crippen LogP contribution in [0.25, 0.3) is 0 Å². The Morgan fingerprint density at radius 2 is 2.00 bits per heavy atom. The molecule has 20 heavy (non-hydrogen) atoms. The molecule has 1 atom stereocenters. The summed E-state index contributed by atoms with van der Waals surface area (Å²) < 4.78 is 5.11. The monoisotopic (exact) mass is 284 g/mol. The maximum Gasteiger partial charge on any atom is 0.408 e. The third-order valence-corrected chi connectivity index (χ3v) is 2.30. The summed E-state index contributed by atoms with van der Waals surface area (Å²) in [5.41, 5.74) is 4.77. The Labute approximate surface area is 119 Å². The van der Waals surface area contributed by atoms with Crippen LogP contribution >= 0.6 is 0 Å². The molecule has 0 radical (unpaired) electrons. The van der Waals surface area contributed by atoms with Gasteiger partial charge in [0.15, 0.2) is 0 Å². The summed E-state index contributed by atoms with van der Waals surface area (Å²) in [6.07, 6.45) is 1.27. The van der Waals surface area contributed by atoms with E-state index in [4.69, 9.17) is 15.7 Å². The molecule has 0 rings (SSSR count). The van der Waals surface area contributed by atoms with Gasteiger partial charge in [-0.25, -0.2) is 4.79 Å². The van der Waals surface area contributed by atoms with Gasteiger partial charge < -0.3 is 21.1 Å². The summed E-state index contributed by atoms with van der Waals surface area (Å²) in [7, 11) is 0. The number of hydrogen-bond donors (Lipinski definition) is 3. The number of amides is 2. The third-order valence-electron chi connectivity index (χ3n) is 2.30. The van der Waals surface area contributed by atoms with Crippen molar-refractivity contribution in [2.45, 2.75) is 51.7 Å². The summed E-state index contributed by atoms with van der Waals surface area (Å²) in [6, 6.07) is 1.10. The fourth-order valence-electron chi connectivity index (χ4n) is 1.46. The maximum absolute atomic E-state index is 11.8. The number of rotatable bonds is 7. The van der Waals surface area contributed by atoms with Crippen LogP contribution in [0, 0.1) is 11.3 Å². The van der Waals surface area contributed by atoms with E-state index in [1.807, 2.05) is 6.07 Å². The lowest BCUT2D eigenvalue weighted by atomic mass is 10.1. The number of nitrogens with two attached hydrogens (primary N) is 1. The second kappa shape index (κ2) is 9.15. The van der Waals surface area contributed by atoms with Gasteiger partial charge in [-0.15, -0.1) is 0 Å². The van der Waals surface area contributed by atoms with Crippen molar-refractivity contribution in [2.75, 3.05) is 13.1 Å². The van der Waals surface area contributed by atoms with Crippen molar-refractivity contribution in [2.24, 2.45) is 5.73 Å². The molecule has 7 nitrogen and oxygen atoms in total. The highest BCUT2D eigenvalue weighted by molar-refractivity contribution is 5.85. The molecule has 2 amide bonds. The van der Waals surface area contributed by atoms with Gasteiger partial charge in [0.05, 0.1) is 6.07 Å². The smallest absolute Gasteiger partial charge is 0.408 e. The molecule has 4 N–H and O–H groups in total. The summed E-state index contributed by atoms with van der Waals surface area (Å²) in [4.78, 5) is 23.5. The molecule has 114 valence electrons. The third kappa shape index (κ3) is 9.16. The van der Waals surface area contributed by atoms with Crippen LogP contribution in [-0.2, 0) is 9.53 Å². The molecular formula is C13H24N4O3. The second-order valence-electron chi connectivity index (χ2n) is 5.36. The van der Waals surface area contributed by atoms with E-state index in [0.29, 0.717) is 19.4 Å². The minimum atomic E-state index is -0.718. The Bertz CT molecular complexity index is 358. The van der Waals surface area contributed by atoms with Crippen LogP contribution < -0.4 is 16.4 Å². The van der Waals surface area contributed by atoms with Crippen LogP contribution in [0.3, 0.4) is 0 Å². The highest BCUT2D eigenvalue weighted by atomic mass is 16.6. The quantitative estimate of drug-likeness (QED) is 0.468. The predicted molar refractivity (Wildman–Crippen MR) is 74.7 cm³/mol. The van der Waals surface area contributed by atoms with Crippen LogP contribution in [-0.4, -0.2) is 36.7 Å². The number of hydrogen-bond acceptors (Lipinski definition) is 5. The fourth-order valence-corrected chi connectivity index (χ4v) is 1.46. The molecule has 0 aliphatic rings. The molecule has 0 fully saturated rings. The molecule has 0 aliphatic heterocycles. The topological polar surface area (TPSA) is 117 Å². The molecule has 0 bridgehead atoms. The molecular weight excluding hydrogens is 260 g/mol. The Morgan fingerprint density at radius 3 is 2.50 bits per heavy atom. The average molecular weight is 284 g/mol. The number of ether oxygens (including phenoxy) is 1. The average Bonchev–Trinajstić information content (AvgIpc) is 2.32. The van der Waals surface area contributed by atoms with Gasteiger partial charge in [0, 0.05) is 0 Å². The second-order valence-corrected chi connectivity index (χ2v) is 5.36. The number of alkyl carbamates (subject to hydrolysis) is 1. The SMILES string of the molecule is CC(C)(C)OC(=O)N[C@@H](CCCCN)C(=O)NCC#N. The van der Waals surface area contributed by atoms with Crippen LogP contribution in [0.1, 0.15) is 40.0 Å². The summed E-state index contributed by atoms with van der Waals surface area (Å²) in [5, 5.41) is 13.4. The van der Waals surface area contributed by atoms with E-state index in [0.717, 1.165) is 6.42 Å². The molecule has 0 aromatic heterocycles. The molecule has 0 heterocycles. The Morgan fingerprint density at radius 1 is 1.35 bits per heavy atom. The summed E-state index contributed by atoms with van der Waals surface area (Å²) in [5.74, 6) is -0.394. The number of nitriles is 1. The number of carbonyl (C=O) groups excluding carboxylic acids is 2. The highest BCUT2D eigenvalue weighted by Crippen LogP contribution is 2.08. The van der Waals surface area contributed by atoms with Crippen LogP contribution in [0.15, 0.2) is 0 Å². The Kier molecular flexibility index (Phi) is 8.32. The largest absolute Gasteiger partial charge is 0.444 e. The van der Waals surface area contributed by atoms with E-state index in [2.05, 4.69) is 10.6 Å². The Balaban J connectivity index is 4.47. The zero-order chi connectivity index (χ0) is 15.6. The van der Waals surface area contributed by atoms with Gasteiger partial charge in [-0.2, -0.15) is 5.26 Å². The zero-order valence-electron chi connectivity index (χ0n) is 12.4. The van der Waals surface area contributed by atoms with Crippen LogP contribution in [0.4, 0.5) is 4.79 Å². The molecule has 0 spiro atoms. The minimum absolute atomic E-state index is 0.0950. The first-order valence-electron chi connectivity index (χ1n) is 6.64. The van der Waals surface area contributed by atoms with Crippen molar-refractivity contribution in [3.8, 4) is 6.07 Å². The van der Waals surface area contributed by atoms with Crippen molar-refractivity contribution in [3.05, 3.63) is 0 Å². The first-order chi connectivity index (χ1) is 9.30.